The quantitative estimate of drug-likeness (QED) is 0.414. The van der Waals surface area contributed by atoms with Crippen molar-refractivity contribution in [3.05, 3.63) is 82.8 Å². The first-order valence-electron chi connectivity index (χ1n) is 12.2. The van der Waals surface area contributed by atoms with Crippen LogP contribution < -0.4 is 25.2 Å². The van der Waals surface area contributed by atoms with Gasteiger partial charge in [0.15, 0.2) is 11.5 Å². The number of aromatic nitrogens is 3. The number of carbonyl (C=O) groups excluding carboxylic acids is 1. The van der Waals surface area contributed by atoms with E-state index in [-0.39, 0.29) is 17.4 Å². The highest BCUT2D eigenvalue weighted by Gasteiger charge is 2.29. The number of fused-ring (bicyclic) bond motifs is 1. The van der Waals surface area contributed by atoms with Crippen molar-refractivity contribution in [1.82, 2.24) is 14.5 Å². The van der Waals surface area contributed by atoms with Crippen LogP contribution in [0.3, 0.4) is 0 Å². The number of amides is 1. The molecule has 1 N–H and O–H groups in total. The highest BCUT2D eigenvalue weighted by Crippen LogP contribution is 2.30. The summed E-state index contributed by atoms with van der Waals surface area (Å²) in [4.78, 5) is 38.0. The molecule has 1 amide bonds. The fraction of sp³-hybridized carbons (Fsp3) is 0.286. The second kappa shape index (κ2) is 10.7. The molecule has 3 heterocycles. The Kier molecular flexibility index (Phi) is 7.02. The summed E-state index contributed by atoms with van der Waals surface area (Å²) in [6.07, 6.45) is 3.14. The number of piperidine rings is 1. The minimum atomic E-state index is -0.321. The smallest absolute Gasteiger partial charge is 0.295 e. The maximum absolute atomic E-state index is 13.7. The fourth-order valence-electron chi connectivity index (χ4n) is 4.71. The average Bonchev–Trinajstić information content (AvgIpc) is 2.95. The summed E-state index contributed by atoms with van der Waals surface area (Å²) in [7, 11) is 3.13. The molecule has 2 aromatic heterocycles. The molecule has 0 unspecified atom stereocenters. The second-order valence-electron chi connectivity index (χ2n) is 9.00. The van der Waals surface area contributed by atoms with E-state index in [1.807, 2.05) is 47.4 Å². The van der Waals surface area contributed by atoms with Crippen LogP contribution in [0.1, 0.15) is 18.4 Å². The van der Waals surface area contributed by atoms with Gasteiger partial charge in [-0.25, -0.2) is 9.97 Å². The van der Waals surface area contributed by atoms with Gasteiger partial charge in [-0.05, 0) is 42.7 Å². The van der Waals surface area contributed by atoms with E-state index in [4.69, 9.17) is 14.5 Å². The predicted molar refractivity (Wildman–Crippen MR) is 142 cm³/mol. The molecule has 1 aliphatic rings. The molecule has 0 spiro atoms. The lowest BCUT2D eigenvalue weighted by Crippen LogP contribution is -2.44. The van der Waals surface area contributed by atoms with E-state index in [9.17, 15) is 9.59 Å². The van der Waals surface area contributed by atoms with Crippen molar-refractivity contribution in [3.8, 4) is 11.5 Å². The van der Waals surface area contributed by atoms with Crippen molar-refractivity contribution >= 4 is 28.6 Å². The molecule has 1 saturated heterocycles. The normalized spacial score (nSPS) is 15.4. The molecule has 0 bridgehead atoms. The van der Waals surface area contributed by atoms with Crippen molar-refractivity contribution < 1.29 is 14.3 Å². The van der Waals surface area contributed by atoms with Crippen LogP contribution in [-0.4, -0.2) is 47.8 Å². The third-order valence-corrected chi connectivity index (χ3v) is 6.62. The van der Waals surface area contributed by atoms with Crippen LogP contribution in [0.5, 0.6) is 11.5 Å². The third kappa shape index (κ3) is 5.11. The summed E-state index contributed by atoms with van der Waals surface area (Å²) >= 11 is 0. The molecule has 1 aliphatic heterocycles. The van der Waals surface area contributed by atoms with Crippen LogP contribution >= 0.6 is 0 Å². The summed E-state index contributed by atoms with van der Waals surface area (Å²) in [5, 5.41) is 2.98. The molecule has 190 valence electrons. The molecular formula is C28H29N5O4. The first kappa shape index (κ1) is 24.3. The highest BCUT2D eigenvalue weighted by molar-refractivity contribution is 5.94. The van der Waals surface area contributed by atoms with E-state index in [1.54, 1.807) is 43.2 Å². The van der Waals surface area contributed by atoms with Gasteiger partial charge < -0.3 is 19.7 Å². The van der Waals surface area contributed by atoms with E-state index in [1.165, 1.54) is 0 Å². The predicted octanol–water partition coefficient (Wildman–Crippen LogP) is 3.71. The van der Waals surface area contributed by atoms with Crippen molar-refractivity contribution in [2.45, 2.75) is 19.4 Å². The van der Waals surface area contributed by atoms with Crippen LogP contribution in [0, 0.1) is 5.92 Å². The van der Waals surface area contributed by atoms with Gasteiger partial charge in [0.05, 0.1) is 32.4 Å². The maximum Gasteiger partial charge on any atom is 0.295 e. The molecule has 1 atom stereocenters. The zero-order chi connectivity index (χ0) is 25.8. The van der Waals surface area contributed by atoms with Gasteiger partial charge in [0, 0.05) is 25.4 Å². The van der Waals surface area contributed by atoms with Gasteiger partial charge >= 0.3 is 0 Å². The number of pyridine rings is 1. The van der Waals surface area contributed by atoms with Gasteiger partial charge in [-0.2, -0.15) is 0 Å². The number of anilines is 2. The summed E-state index contributed by atoms with van der Waals surface area (Å²) < 4.78 is 12.4. The molecule has 0 saturated carbocycles. The van der Waals surface area contributed by atoms with Gasteiger partial charge in [-0.1, -0.05) is 30.3 Å². The molecule has 9 nitrogen and oxygen atoms in total. The number of rotatable bonds is 7. The Morgan fingerprint density at radius 1 is 1.08 bits per heavy atom. The Hall–Kier alpha value is -4.40. The van der Waals surface area contributed by atoms with Gasteiger partial charge in [0.1, 0.15) is 17.0 Å². The number of benzene rings is 2. The largest absolute Gasteiger partial charge is 0.497 e. The zero-order valence-corrected chi connectivity index (χ0v) is 20.9. The Bertz CT molecular complexity index is 1470. The Morgan fingerprint density at radius 3 is 2.70 bits per heavy atom. The van der Waals surface area contributed by atoms with E-state index in [0.717, 1.165) is 12.0 Å². The van der Waals surface area contributed by atoms with E-state index in [2.05, 4.69) is 10.3 Å². The number of hydrogen-bond acceptors (Lipinski definition) is 7. The lowest BCUT2D eigenvalue weighted by molar-refractivity contribution is -0.120. The number of nitrogens with zero attached hydrogens (tertiary/aromatic N) is 4. The molecule has 9 heteroatoms. The molecule has 4 aromatic rings. The lowest BCUT2D eigenvalue weighted by Gasteiger charge is -2.32. The highest BCUT2D eigenvalue weighted by atomic mass is 16.5. The Morgan fingerprint density at radius 2 is 1.92 bits per heavy atom. The first-order chi connectivity index (χ1) is 18.1. The first-order valence-corrected chi connectivity index (χ1v) is 12.2. The molecule has 37 heavy (non-hydrogen) atoms. The van der Waals surface area contributed by atoms with Gasteiger partial charge in [0.2, 0.25) is 5.91 Å². The monoisotopic (exact) mass is 499 g/mol. The van der Waals surface area contributed by atoms with Crippen LogP contribution in [0.15, 0.2) is 71.7 Å². The Labute approximate surface area is 214 Å². The molecule has 5 rings (SSSR count). The number of ether oxygens (including phenoxy) is 2. The standard InChI is InChI=1S/C28H29N5O4/c1-36-21-12-13-24(37-2)23(16-21)31-27(34)20-10-7-15-32(18-20)26-28(35)33(17-19-8-4-3-5-9-19)25-22(30-26)11-6-14-29-25/h3-6,8-9,11-14,16,20H,7,10,15,17-18H2,1-2H3,(H,31,34)/t20-/m0/s1. The summed E-state index contributed by atoms with van der Waals surface area (Å²) in [5.41, 5.74) is 2.50. The average molecular weight is 500 g/mol. The SMILES string of the molecule is COc1ccc(OC)c(NC(=O)[C@H]2CCCN(c3nc4cccnc4n(Cc4ccccc4)c3=O)C2)c1. The lowest BCUT2D eigenvalue weighted by atomic mass is 9.97. The van der Waals surface area contributed by atoms with E-state index in [0.29, 0.717) is 60.2 Å². The van der Waals surface area contributed by atoms with Crippen LogP contribution in [-0.2, 0) is 11.3 Å². The summed E-state index contributed by atoms with van der Waals surface area (Å²) in [5.74, 6) is 1.05. The van der Waals surface area contributed by atoms with Crippen molar-refractivity contribution in [1.29, 1.82) is 0 Å². The third-order valence-electron chi connectivity index (χ3n) is 6.62. The van der Waals surface area contributed by atoms with Crippen LogP contribution in [0.4, 0.5) is 11.5 Å². The zero-order valence-electron chi connectivity index (χ0n) is 20.9. The molecule has 0 aliphatic carbocycles. The minimum absolute atomic E-state index is 0.136. The Balaban J connectivity index is 1.43. The molecular weight excluding hydrogens is 470 g/mol. The number of methoxy groups -OCH3 is 2. The second-order valence-corrected chi connectivity index (χ2v) is 9.00. The summed E-state index contributed by atoms with van der Waals surface area (Å²) in [6.45, 7) is 1.42. The van der Waals surface area contributed by atoms with E-state index >= 15 is 0 Å². The van der Waals surface area contributed by atoms with Gasteiger partial charge in [-0.15, -0.1) is 0 Å². The number of hydrogen-bond donors (Lipinski definition) is 1. The van der Waals surface area contributed by atoms with Crippen LogP contribution in [0.25, 0.3) is 11.2 Å². The topological polar surface area (TPSA) is 98.6 Å². The van der Waals surface area contributed by atoms with Crippen molar-refractivity contribution in [3.63, 3.8) is 0 Å². The van der Waals surface area contributed by atoms with Crippen molar-refractivity contribution in [2.75, 3.05) is 37.5 Å². The molecule has 0 radical (unpaired) electrons. The summed E-state index contributed by atoms with van der Waals surface area (Å²) in [6, 6.07) is 18.7. The molecule has 1 fully saturated rings. The van der Waals surface area contributed by atoms with Crippen molar-refractivity contribution in [2.24, 2.45) is 5.92 Å². The number of carbonyl (C=O) groups is 1. The minimum Gasteiger partial charge on any atom is -0.497 e. The molecule has 2 aromatic carbocycles. The van der Waals surface area contributed by atoms with Gasteiger partial charge in [-0.3, -0.25) is 14.2 Å². The fourth-order valence-corrected chi connectivity index (χ4v) is 4.71. The van der Waals surface area contributed by atoms with Crippen LogP contribution in [0.2, 0.25) is 0 Å². The van der Waals surface area contributed by atoms with Gasteiger partial charge in [0.25, 0.3) is 5.56 Å². The number of nitrogens with one attached hydrogen (secondary N) is 1. The van der Waals surface area contributed by atoms with E-state index < -0.39 is 0 Å². The maximum atomic E-state index is 13.7.